The van der Waals surface area contributed by atoms with Gasteiger partial charge in [-0.3, -0.25) is 4.40 Å². The van der Waals surface area contributed by atoms with Crippen LogP contribution < -0.4 is 10.1 Å². The zero-order valence-corrected chi connectivity index (χ0v) is 15.2. The Morgan fingerprint density at radius 3 is 2.74 bits per heavy atom. The Hall–Kier alpha value is -3.12. The van der Waals surface area contributed by atoms with Crippen LogP contribution in [0, 0.1) is 5.82 Å². The predicted octanol–water partition coefficient (Wildman–Crippen LogP) is 4.81. The van der Waals surface area contributed by atoms with Gasteiger partial charge in [-0.1, -0.05) is 35.9 Å². The second-order valence-corrected chi connectivity index (χ2v) is 6.32. The van der Waals surface area contributed by atoms with Crippen LogP contribution in [-0.4, -0.2) is 21.7 Å². The Kier molecular flexibility index (Phi) is 4.64. The number of ether oxygens (including phenoxy) is 1. The fourth-order valence-electron chi connectivity index (χ4n) is 3.03. The van der Waals surface area contributed by atoms with Crippen molar-refractivity contribution in [3.8, 4) is 16.9 Å². The van der Waals surface area contributed by atoms with Crippen molar-refractivity contribution in [2.45, 2.75) is 6.54 Å². The molecule has 27 heavy (non-hydrogen) atoms. The molecule has 2 heterocycles. The quantitative estimate of drug-likeness (QED) is 0.538. The molecule has 136 valence electrons. The molecule has 4 aromatic rings. The first-order chi connectivity index (χ1) is 13.2. The van der Waals surface area contributed by atoms with E-state index in [1.165, 1.54) is 13.2 Å². The molecule has 0 bridgehead atoms. The number of methoxy groups -OCH3 is 1. The Balaban J connectivity index is 1.70. The van der Waals surface area contributed by atoms with Gasteiger partial charge >= 0.3 is 0 Å². The van der Waals surface area contributed by atoms with Gasteiger partial charge in [0.25, 0.3) is 0 Å². The Bertz CT molecular complexity index is 1110. The van der Waals surface area contributed by atoms with Crippen LogP contribution in [0.15, 0.2) is 60.9 Å². The molecule has 0 amide bonds. The largest absolute Gasteiger partial charge is 0.496 e. The minimum absolute atomic E-state index is 0.258. The first kappa shape index (κ1) is 17.3. The van der Waals surface area contributed by atoms with Gasteiger partial charge in [-0.05, 0) is 30.3 Å². The normalized spacial score (nSPS) is 10.9. The standard InChI is InChI=1S/C20H16ClFN4O/c1-27-18-8-4-7-17(22)15(18)11-23-19-10-9-14(20-25-24-12-26(19)20)13-5-2-3-6-16(13)21/h2-10,12,23H,11H2,1H3. The summed E-state index contributed by atoms with van der Waals surface area (Å²) in [6.07, 6.45) is 1.61. The molecule has 0 atom stereocenters. The zero-order chi connectivity index (χ0) is 18.8. The highest BCUT2D eigenvalue weighted by molar-refractivity contribution is 6.33. The molecule has 0 fully saturated rings. The van der Waals surface area contributed by atoms with Crippen molar-refractivity contribution in [1.82, 2.24) is 14.6 Å². The molecule has 1 N–H and O–H groups in total. The maximum Gasteiger partial charge on any atom is 0.170 e. The summed E-state index contributed by atoms with van der Waals surface area (Å²) in [4.78, 5) is 0. The van der Waals surface area contributed by atoms with Crippen LogP contribution in [0.1, 0.15) is 5.56 Å². The number of hydrogen-bond donors (Lipinski definition) is 1. The number of hydrogen-bond acceptors (Lipinski definition) is 4. The van der Waals surface area contributed by atoms with E-state index in [9.17, 15) is 4.39 Å². The summed E-state index contributed by atoms with van der Waals surface area (Å²) in [6, 6.07) is 16.1. The molecule has 0 spiro atoms. The summed E-state index contributed by atoms with van der Waals surface area (Å²) in [7, 11) is 1.52. The molecule has 4 rings (SSSR count). The highest BCUT2D eigenvalue weighted by Gasteiger charge is 2.13. The van der Waals surface area contributed by atoms with E-state index >= 15 is 0 Å². The summed E-state index contributed by atoms with van der Waals surface area (Å²) < 4.78 is 21.2. The second kappa shape index (κ2) is 7.25. The SMILES string of the molecule is COc1cccc(F)c1CNc1ccc(-c2ccccc2Cl)c2nncn12. The first-order valence-corrected chi connectivity index (χ1v) is 8.69. The average molecular weight is 383 g/mol. The van der Waals surface area contributed by atoms with E-state index in [0.29, 0.717) is 22.0 Å². The first-order valence-electron chi connectivity index (χ1n) is 8.32. The van der Waals surface area contributed by atoms with Crippen LogP contribution in [0.25, 0.3) is 16.8 Å². The van der Waals surface area contributed by atoms with Gasteiger partial charge < -0.3 is 10.1 Å². The molecule has 2 aromatic heterocycles. The predicted molar refractivity (Wildman–Crippen MR) is 104 cm³/mol. The molecule has 0 saturated heterocycles. The van der Waals surface area contributed by atoms with Crippen molar-refractivity contribution >= 4 is 23.1 Å². The second-order valence-electron chi connectivity index (χ2n) is 5.91. The van der Waals surface area contributed by atoms with Gasteiger partial charge in [0, 0.05) is 28.3 Å². The fourth-order valence-corrected chi connectivity index (χ4v) is 3.26. The number of pyridine rings is 1. The smallest absolute Gasteiger partial charge is 0.170 e. The summed E-state index contributed by atoms with van der Waals surface area (Å²) in [5.41, 5.74) is 2.86. The van der Waals surface area contributed by atoms with Crippen molar-refractivity contribution in [2.24, 2.45) is 0 Å². The van der Waals surface area contributed by atoms with E-state index in [0.717, 1.165) is 16.9 Å². The van der Waals surface area contributed by atoms with Crippen LogP contribution in [0.2, 0.25) is 5.02 Å². The van der Waals surface area contributed by atoms with Crippen LogP contribution in [0.4, 0.5) is 10.2 Å². The van der Waals surface area contributed by atoms with Crippen LogP contribution in [-0.2, 0) is 6.54 Å². The third kappa shape index (κ3) is 3.19. The highest BCUT2D eigenvalue weighted by atomic mass is 35.5. The van der Waals surface area contributed by atoms with Gasteiger partial charge in [-0.15, -0.1) is 10.2 Å². The van der Waals surface area contributed by atoms with E-state index in [4.69, 9.17) is 16.3 Å². The lowest BCUT2D eigenvalue weighted by atomic mass is 10.1. The van der Waals surface area contributed by atoms with Crippen molar-refractivity contribution in [3.05, 3.63) is 77.3 Å². The molecule has 0 unspecified atom stereocenters. The van der Waals surface area contributed by atoms with Crippen molar-refractivity contribution < 1.29 is 9.13 Å². The molecular formula is C20H16ClFN4O. The Morgan fingerprint density at radius 1 is 1.07 bits per heavy atom. The molecule has 0 aliphatic carbocycles. The van der Waals surface area contributed by atoms with Crippen LogP contribution in [0.5, 0.6) is 5.75 Å². The number of nitrogens with one attached hydrogen (secondary N) is 1. The minimum Gasteiger partial charge on any atom is -0.496 e. The van der Waals surface area contributed by atoms with Gasteiger partial charge in [-0.25, -0.2) is 4.39 Å². The van der Waals surface area contributed by atoms with Crippen LogP contribution >= 0.6 is 11.6 Å². The number of benzene rings is 2. The van der Waals surface area contributed by atoms with E-state index < -0.39 is 0 Å². The molecular weight excluding hydrogens is 367 g/mol. The summed E-state index contributed by atoms with van der Waals surface area (Å²) in [5.74, 6) is 0.904. The summed E-state index contributed by atoms with van der Waals surface area (Å²) in [5, 5.41) is 12.1. The average Bonchev–Trinajstić information content (AvgIpc) is 3.17. The monoisotopic (exact) mass is 382 g/mol. The Morgan fingerprint density at radius 2 is 1.93 bits per heavy atom. The Labute approximate surface area is 160 Å². The lowest BCUT2D eigenvalue weighted by molar-refractivity contribution is 0.405. The number of nitrogens with zero attached hydrogens (tertiary/aromatic N) is 3. The minimum atomic E-state index is -0.325. The fraction of sp³-hybridized carbons (Fsp3) is 0.100. The number of fused-ring (bicyclic) bond motifs is 1. The third-order valence-electron chi connectivity index (χ3n) is 4.36. The van der Waals surface area contributed by atoms with Crippen molar-refractivity contribution in [3.63, 3.8) is 0 Å². The molecule has 5 nitrogen and oxygen atoms in total. The molecule has 0 radical (unpaired) electrons. The van der Waals surface area contributed by atoms with E-state index in [-0.39, 0.29) is 12.4 Å². The molecule has 7 heteroatoms. The van der Waals surface area contributed by atoms with Gasteiger partial charge in [0.1, 0.15) is 23.7 Å². The lowest BCUT2D eigenvalue weighted by Gasteiger charge is -2.14. The number of halogens is 2. The molecule has 2 aromatic carbocycles. The lowest BCUT2D eigenvalue weighted by Crippen LogP contribution is -2.07. The van der Waals surface area contributed by atoms with Crippen molar-refractivity contribution in [1.29, 1.82) is 0 Å². The van der Waals surface area contributed by atoms with E-state index in [1.54, 1.807) is 18.5 Å². The van der Waals surface area contributed by atoms with E-state index in [1.807, 2.05) is 40.8 Å². The molecule has 0 aliphatic heterocycles. The topological polar surface area (TPSA) is 51.5 Å². The van der Waals surface area contributed by atoms with Gasteiger partial charge in [0.05, 0.1) is 7.11 Å². The van der Waals surface area contributed by atoms with Crippen molar-refractivity contribution in [2.75, 3.05) is 12.4 Å². The van der Waals surface area contributed by atoms with E-state index in [2.05, 4.69) is 15.5 Å². The summed E-state index contributed by atoms with van der Waals surface area (Å²) >= 11 is 6.33. The third-order valence-corrected chi connectivity index (χ3v) is 4.69. The number of aromatic nitrogens is 3. The zero-order valence-electron chi connectivity index (χ0n) is 14.5. The summed E-state index contributed by atoms with van der Waals surface area (Å²) in [6.45, 7) is 0.258. The van der Waals surface area contributed by atoms with Crippen LogP contribution in [0.3, 0.4) is 0 Å². The molecule has 0 aliphatic rings. The molecule has 0 saturated carbocycles. The number of anilines is 1. The van der Waals surface area contributed by atoms with Gasteiger partial charge in [0.15, 0.2) is 5.65 Å². The van der Waals surface area contributed by atoms with Gasteiger partial charge in [-0.2, -0.15) is 0 Å². The maximum absolute atomic E-state index is 14.2. The highest BCUT2D eigenvalue weighted by Crippen LogP contribution is 2.32. The van der Waals surface area contributed by atoms with Gasteiger partial charge in [0.2, 0.25) is 0 Å². The number of rotatable bonds is 5. The maximum atomic E-state index is 14.2.